The van der Waals surface area contributed by atoms with Crippen molar-refractivity contribution in [1.82, 2.24) is 15.2 Å². The molecule has 0 saturated carbocycles. The smallest absolute Gasteiger partial charge is 0.243 e. The molecule has 1 unspecified atom stereocenters. The minimum absolute atomic E-state index is 0.301. The van der Waals surface area contributed by atoms with Gasteiger partial charge in [-0.2, -0.15) is 5.10 Å². The normalized spacial score (nSPS) is 20.5. The number of hydrogen-bond acceptors (Lipinski definition) is 5. The first kappa shape index (κ1) is 10.3. The molecule has 1 N–H and O–H groups in total. The number of aryl methyl sites for hydroxylation is 2. The van der Waals surface area contributed by atoms with Gasteiger partial charge in [-0.1, -0.05) is 0 Å². The van der Waals surface area contributed by atoms with Gasteiger partial charge in [0, 0.05) is 13.2 Å². The minimum Gasteiger partial charge on any atom is -0.376 e. The van der Waals surface area contributed by atoms with Crippen molar-refractivity contribution in [2.24, 2.45) is 0 Å². The van der Waals surface area contributed by atoms with Crippen LogP contribution < -0.4 is 5.32 Å². The maximum Gasteiger partial charge on any atom is 0.243 e. The second kappa shape index (κ2) is 4.53. The van der Waals surface area contributed by atoms with Crippen molar-refractivity contribution in [2.45, 2.75) is 32.8 Å². The predicted octanol–water partition coefficient (Wildman–Crippen LogP) is 1.08. The van der Waals surface area contributed by atoms with E-state index in [1.807, 2.05) is 13.8 Å². The fourth-order valence-electron chi connectivity index (χ4n) is 1.54. The third-order valence-electron chi connectivity index (χ3n) is 2.60. The summed E-state index contributed by atoms with van der Waals surface area (Å²) in [4.78, 5) is 4.29. The Labute approximate surface area is 89.3 Å². The summed E-state index contributed by atoms with van der Waals surface area (Å²) in [6.07, 6.45) is 2.57. The Morgan fingerprint density at radius 2 is 2.20 bits per heavy atom. The number of nitrogens with one attached hydrogen (secondary N) is 1. The number of nitrogens with zero attached hydrogens (tertiary/aromatic N) is 3. The lowest BCUT2D eigenvalue weighted by molar-refractivity contribution is 0.120. The van der Waals surface area contributed by atoms with Gasteiger partial charge in [0.15, 0.2) is 0 Å². The van der Waals surface area contributed by atoms with Gasteiger partial charge in [0.2, 0.25) is 5.95 Å². The van der Waals surface area contributed by atoms with Gasteiger partial charge in [-0.15, -0.1) is 5.10 Å². The molecule has 5 nitrogen and oxygen atoms in total. The summed E-state index contributed by atoms with van der Waals surface area (Å²) in [6, 6.07) is 0. The van der Waals surface area contributed by atoms with Crippen LogP contribution in [0, 0.1) is 13.8 Å². The Kier molecular flexibility index (Phi) is 3.11. The molecule has 0 amide bonds. The first-order valence-corrected chi connectivity index (χ1v) is 5.29. The SMILES string of the molecule is Cc1nnc(NCC2CCCO2)nc1C. The molecule has 1 aliphatic rings. The summed E-state index contributed by atoms with van der Waals surface area (Å²) >= 11 is 0. The molecule has 0 spiro atoms. The number of aromatic nitrogens is 3. The first-order valence-electron chi connectivity index (χ1n) is 5.29. The highest BCUT2D eigenvalue weighted by atomic mass is 16.5. The van der Waals surface area contributed by atoms with Gasteiger partial charge in [0.1, 0.15) is 0 Å². The van der Waals surface area contributed by atoms with E-state index in [-0.39, 0.29) is 0 Å². The van der Waals surface area contributed by atoms with Crippen LogP contribution in [-0.4, -0.2) is 34.4 Å². The maximum absolute atomic E-state index is 5.49. The molecular formula is C10H16N4O. The van der Waals surface area contributed by atoms with Crippen LogP contribution in [0.3, 0.4) is 0 Å². The lowest BCUT2D eigenvalue weighted by atomic mass is 10.2. The van der Waals surface area contributed by atoms with Gasteiger partial charge in [0.25, 0.3) is 0 Å². The Hall–Kier alpha value is -1.23. The molecule has 2 heterocycles. The highest BCUT2D eigenvalue weighted by Crippen LogP contribution is 2.12. The van der Waals surface area contributed by atoms with Crippen LogP contribution in [0.4, 0.5) is 5.95 Å². The van der Waals surface area contributed by atoms with Gasteiger partial charge in [0.05, 0.1) is 17.5 Å². The fraction of sp³-hybridized carbons (Fsp3) is 0.700. The second-order valence-corrected chi connectivity index (χ2v) is 3.82. The van der Waals surface area contributed by atoms with Crippen molar-refractivity contribution < 1.29 is 4.74 Å². The van der Waals surface area contributed by atoms with E-state index in [4.69, 9.17) is 4.74 Å². The highest BCUT2D eigenvalue weighted by molar-refractivity contribution is 5.24. The van der Waals surface area contributed by atoms with Crippen LogP contribution in [0.2, 0.25) is 0 Å². The summed E-state index contributed by atoms with van der Waals surface area (Å²) in [5.74, 6) is 0.591. The largest absolute Gasteiger partial charge is 0.376 e. The third-order valence-corrected chi connectivity index (χ3v) is 2.60. The van der Waals surface area contributed by atoms with E-state index in [0.29, 0.717) is 12.1 Å². The lowest BCUT2D eigenvalue weighted by Crippen LogP contribution is -2.20. The van der Waals surface area contributed by atoms with Gasteiger partial charge in [-0.05, 0) is 26.7 Å². The van der Waals surface area contributed by atoms with Crippen LogP contribution in [0.5, 0.6) is 0 Å². The van der Waals surface area contributed by atoms with E-state index in [9.17, 15) is 0 Å². The molecule has 5 heteroatoms. The molecule has 1 atom stereocenters. The zero-order chi connectivity index (χ0) is 10.7. The zero-order valence-corrected chi connectivity index (χ0v) is 9.16. The van der Waals surface area contributed by atoms with Gasteiger partial charge in [-0.25, -0.2) is 4.98 Å². The minimum atomic E-state index is 0.301. The summed E-state index contributed by atoms with van der Waals surface area (Å²) in [7, 11) is 0. The molecule has 1 aromatic rings. The van der Waals surface area contributed by atoms with Gasteiger partial charge >= 0.3 is 0 Å². The van der Waals surface area contributed by atoms with Crippen LogP contribution in [0.15, 0.2) is 0 Å². The molecule has 0 aromatic carbocycles. The van der Waals surface area contributed by atoms with Crippen molar-refractivity contribution in [3.05, 3.63) is 11.4 Å². The van der Waals surface area contributed by atoms with Gasteiger partial charge < -0.3 is 10.1 Å². The molecule has 2 rings (SSSR count). The molecule has 1 saturated heterocycles. The molecular weight excluding hydrogens is 192 g/mol. The number of anilines is 1. The molecule has 1 aromatic heterocycles. The summed E-state index contributed by atoms with van der Waals surface area (Å²) in [5.41, 5.74) is 1.79. The molecule has 82 valence electrons. The topological polar surface area (TPSA) is 59.9 Å². The van der Waals surface area contributed by atoms with Crippen LogP contribution in [0.1, 0.15) is 24.2 Å². The molecule has 0 radical (unpaired) electrons. The number of hydrogen-bond donors (Lipinski definition) is 1. The highest BCUT2D eigenvalue weighted by Gasteiger charge is 2.15. The second-order valence-electron chi connectivity index (χ2n) is 3.82. The Bertz CT molecular complexity index is 336. The predicted molar refractivity (Wildman–Crippen MR) is 56.8 cm³/mol. The van der Waals surface area contributed by atoms with Crippen molar-refractivity contribution in [3.8, 4) is 0 Å². The Balaban J connectivity index is 1.90. The van der Waals surface area contributed by atoms with Crippen molar-refractivity contribution in [1.29, 1.82) is 0 Å². The monoisotopic (exact) mass is 208 g/mol. The van der Waals surface area contributed by atoms with Crippen molar-refractivity contribution >= 4 is 5.95 Å². The lowest BCUT2D eigenvalue weighted by Gasteiger charge is -2.10. The summed E-state index contributed by atoms with van der Waals surface area (Å²) < 4.78 is 5.49. The standard InChI is InChI=1S/C10H16N4O/c1-7-8(2)13-14-10(12-7)11-6-9-4-3-5-15-9/h9H,3-6H2,1-2H3,(H,11,12,14). The van der Waals surface area contributed by atoms with Crippen molar-refractivity contribution in [3.63, 3.8) is 0 Å². The van der Waals surface area contributed by atoms with Gasteiger partial charge in [-0.3, -0.25) is 0 Å². The van der Waals surface area contributed by atoms with Crippen LogP contribution in [-0.2, 0) is 4.74 Å². The average Bonchev–Trinajstić information content (AvgIpc) is 2.73. The molecule has 1 fully saturated rings. The van der Waals surface area contributed by atoms with E-state index in [1.54, 1.807) is 0 Å². The van der Waals surface area contributed by atoms with Crippen molar-refractivity contribution in [2.75, 3.05) is 18.5 Å². The molecule has 0 bridgehead atoms. The third kappa shape index (κ3) is 2.62. The maximum atomic E-state index is 5.49. The van der Waals surface area contributed by atoms with E-state index in [2.05, 4.69) is 20.5 Å². The number of ether oxygens (including phenoxy) is 1. The summed E-state index contributed by atoms with van der Waals surface area (Å²) in [5, 5.41) is 11.1. The molecule has 15 heavy (non-hydrogen) atoms. The Morgan fingerprint density at radius 3 is 2.87 bits per heavy atom. The van der Waals surface area contributed by atoms with E-state index < -0.39 is 0 Å². The summed E-state index contributed by atoms with van der Waals surface area (Å²) in [6.45, 7) is 5.48. The van der Waals surface area contributed by atoms with E-state index in [0.717, 1.165) is 37.4 Å². The quantitative estimate of drug-likeness (QED) is 0.805. The first-order chi connectivity index (χ1) is 7.25. The van der Waals surface area contributed by atoms with Crippen LogP contribution >= 0.6 is 0 Å². The average molecular weight is 208 g/mol. The van der Waals surface area contributed by atoms with Crippen LogP contribution in [0.25, 0.3) is 0 Å². The molecule has 0 aliphatic carbocycles. The fourth-order valence-corrected chi connectivity index (χ4v) is 1.54. The zero-order valence-electron chi connectivity index (χ0n) is 9.16. The van der Waals surface area contributed by atoms with E-state index >= 15 is 0 Å². The number of rotatable bonds is 3. The van der Waals surface area contributed by atoms with E-state index in [1.165, 1.54) is 0 Å². The Morgan fingerprint density at radius 1 is 1.33 bits per heavy atom. The molecule has 1 aliphatic heterocycles.